The minimum absolute atomic E-state index is 0.0667. The highest BCUT2D eigenvalue weighted by Gasteiger charge is 2.55. The molecule has 0 unspecified atom stereocenters. The van der Waals surface area contributed by atoms with Crippen LogP contribution in [0.3, 0.4) is 0 Å². The molecule has 3 heterocycles. The number of aromatic nitrogens is 1. The fourth-order valence-electron chi connectivity index (χ4n) is 5.19. The predicted molar refractivity (Wildman–Crippen MR) is 121 cm³/mol. The van der Waals surface area contributed by atoms with Gasteiger partial charge in [-0.3, -0.25) is 10.1 Å². The lowest BCUT2D eigenvalue weighted by atomic mass is 9.82. The van der Waals surface area contributed by atoms with Crippen LogP contribution in [0.1, 0.15) is 22.4 Å². The maximum atomic E-state index is 14.1. The summed E-state index contributed by atoms with van der Waals surface area (Å²) in [6.45, 7) is 1.28. The molecule has 1 amide bonds. The minimum Gasteiger partial charge on any atom is -0.497 e. The van der Waals surface area contributed by atoms with Crippen molar-refractivity contribution in [2.45, 2.75) is 18.5 Å². The Morgan fingerprint density at radius 3 is 2.68 bits per heavy atom. The van der Waals surface area contributed by atoms with Crippen molar-refractivity contribution in [3.8, 4) is 5.75 Å². The zero-order valence-corrected chi connectivity index (χ0v) is 17.3. The molecule has 1 atom stereocenters. The van der Waals surface area contributed by atoms with Gasteiger partial charge in [-0.1, -0.05) is 48.5 Å². The molecule has 0 fully saturated rings. The van der Waals surface area contributed by atoms with E-state index in [-0.39, 0.29) is 5.91 Å². The summed E-state index contributed by atoms with van der Waals surface area (Å²) in [5.74, 6) is 0.891. The Kier molecular flexibility index (Phi) is 3.95. The van der Waals surface area contributed by atoms with Gasteiger partial charge in [0, 0.05) is 23.0 Å². The van der Waals surface area contributed by atoms with Gasteiger partial charge in [-0.25, -0.2) is 0 Å². The van der Waals surface area contributed by atoms with E-state index in [9.17, 15) is 4.79 Å². The third kappa shape index (κ3) is 2.50. The number of hydrogen-bond donors (Lipinski definition) is 2. The fraction of sp³-hybridized carbons (Fsp3) is 0.192. The molecule has 1 aromatic heterocycles. The van der Waals surface area contributed by atoms with Crippen LogP contribution in [0.2, 0.25) is 0 Å². The minimum atomic E-state index is -0.898. The van der Waals surface area contributed by atoms with Gasteiger partial charge in [0.05, 0.1) is 25.0 Å². The van der Waals surface area contributed by atoms with Gasteiger partial charge in [-0.15, -0.1) is 0 Å². The number of hydrogen-bond acceptors (Lipinski definition) is 3. The van der Waals surface area contributed by atoms with Crippen molar-refractivity contribution in [1.29, 1.82) is 0 Å². The van der Waals surface area contributed by atoms with Gasteiger partial charge in [0.15, 0.2) is 5.54 Å². The summed E-state index contributed by atoms with van der Waals surface area (Å²) in [5, 5.41) is 4.74. The molecule has 0 saturated heterocycles. The van der Waals surface area contributed by atoms with Crippen molar-refractivity contribution in [1.82, 2.24) is 10.3 Å². The maximum Gasteiger partial charge on any atom is 0.258 e. The average Bonchev–Trinajstić information content (AvgIpc) is 3.30. The molecule has 2 N–H and O–H groups in total. The van der Waals surface area contributed by atoms with Gasteiger partial charge >= 0.3 is 0 Å². The number of anilines is 1. The zero-order valence-electron chi connectivity index (χ0n) is 17.3. The molecule has 0 saturated carbocycles. The number of aromatic amines is 1. The summed E-state index contributed by atoms with van der Waals surface area (Å²) >= 11 is 0. The smallest absolute Gasteiger partial charge is 0.258 e. The number of nitrogens with zero attached hydrogens (tertiary/aromatic N) is 1. The summed E-state index contributed by atoms with van der Waals surface area (Å²) < 4.78 is 5.46. The Balaban J connectivity index is 1.55. The second-order valence-electron chi connectivity index (χ2n) is 8.21. The van der Waals surface area contributed by atoms with Crippen LogP contribution >= 0.6 is 0 Å². The molecule has 5 heteroatoms. The monoisotopic (exact) mass is 409 g/mol. The largest absolute Gasteiger partial charge is 0.497 e. The van der Waals surface area contributed by atoms with Crippen LogP contribution in [-0.4, -0.2) is 24.5 Å². The highest BCUT2D eigenvalue weighted by molar-refractivity contribution is 6.11. The first-order valence-corrected chi connectivity index (χ1v) is 10.6. The standard InChI is InChI=1S/C26H23N3O2/c1-31-18-11-12-22-20(15-18)19-13-14-27-26(24(19)28-22)21-9-5-6-10-23(21)29(25(26)30)16-17-7-3-2-4-8-17/h2-12,15,27-28H,13-14,16H2,1H3/t26-/m0/s1. The van der Waals surface area contributed by atoms with Gasteiger partial charge in [-0.2, -0.15) is 0 Å². The zero-order chi connectivity index (χ0) is 21.0. The molecule has 2 aliphatic rings. The van der Waals surface area contributed by atoms with Gasteiger partial charge in [-0.05, 0) is 41.8 Å². The normalized spacial score (nSPS) is 19.6. The van der Waals surface area contributed by atoms with E-state index in [4.69, 9.17) is 4.74 Å². The lowest BCUT2D eigenvalue weighted by Crippen LogP contribution is -2.54. The van der Waals surface area contributed by atoms with Crippen LogP contribution in [0.5, 0.6) is 5.75 Å². The van der Waals surface area contributed by atoms with Gasteiger partial charge < -0.3 is 14.6 Å². The highest BCUT2D eigenvalue weighted by atomic mass is 16.5. The van der Waals surface area contributed by atoms with Crippen molar-refractivity contribution in [3.05, 3.63) is 95.2 Å². The van der Waals surface area contributed by atoms with Crippen LogP contribution < -0.4 is 15.0 Å². The molecule has 0 bridgehead atoms. The van der Waals surface area contributed by atoms with Crippen LogP contribution in [-0.2, 0) is 23.3 Å². The molecule has 1 spiro atoms. The number of carbonyl (C=O) groups excluding carboxylic acids is 1. The molecule has 2 aliphatic heterocycles. The lowest BCUT2D eigenvalue weighted by molar-refractivity contribution is -0.123. The molecule has 31 heavy (non-hydrogen) atoms. The average molecular weight is 409 g/mol. The third-order valence-corrected chi connectivity index (χ3v) is 6.60. The number of fused-ring (bicyclic) bond motifs is 6. The molecule has 3 aromatic carbocycles. The molecule has 5 nitrogen and oxygen atoms in total. The number of amides is 1. The Hall–Kier alpha value is -3.57. The third-order valence-electron chi connectivity index (χ3n) is 6.60. The number of H-pyrrole nitrogens is 1. The first kappa shape index (κ1) is 18.2. The Morgan fingerprint density at radius 1 is 1.03 bits per heavy atom. The second-order valence-corrected chi connectivity index (χ2v) is 8.21. The molecule has 154 valence electrons. The van der Waals surface area contributed by atoms with Crippen LogP contribution in [0, 0.1) is 0 Å². The van der Waals surface area contributed by atoms with E-state index < -0.39 is 5.54 Å². The summed E-state index contributed by atoms with van der Waals surface area (Å²) in [4.78, 5) is 19.6. The van der Waals surface area contributed by atoms with E-state index >= 15 is 0 Å². The first-order chi connectivity index (χ1) is 15.2. The number of para-hydroxylation sites is 1. The lowest BCUT2D eigenvalue weighted by Gasteiger charge is -2.34. The predicted octanol–water partition coefficient (Wildman–Crippen LogP) is 4.11. The van der Waals surface area contributed by atoms with Crippen LogP contribution in [0.25, 0.3) is 10.9 Å². The van der Waals surface area contributed by atoms with Crippen molar-refractivity contribution in [3.63, 3.8) is 0 Å². The van der Waals surface area contributed by atoms with E-state index in [1.165, 1.54) is 5.56 Å². The SMILES string of the molecule is COc1ccc2[nH]c3c(c2c1)CCN[C@]31C(=O)N(Cc2ccccc2)c2ccccc21. The van der Waals surface area contributed by atoms with Crippen molar-refractivity contribution < 1.29 is 9.53 Å². The van der Waals surface area contributed by atoms with Crippen molar-refractivity contribution in [2.75, 3.05) is 18.6 Å². The molecule has 0 radical (unpaired) electrons. The van der Waals surface area contributed by atoms with Crippen molar-refractivity contribution >= 4 is 22.5 Å². The molecule has 0 aliphatic carbocycles. The Morgan fingerprint density at radius 2 is 1.84 bits per heavy atom. The van der Waals surface area contributed by atoms with Gasteiger partial charge in [0.25, 0.3) is 5.91 Å². The molecular formula is C26H23N3O2. The summed E-state index contributed by atoms with van der Waals surface area (Å²) in [6.07, 6.45) is 0.860. The second kappa shape index (κ2) is 6.72. The number of ether oxygens (including phenoxy) is 1. The number of carbonyl (C=O) groups is 1. The first-order valence-electron chi connectivity index (χ1n) is 10.6. The van der Waals surface area contributed by atoms with E-state index in [0.717, 1.165) is 52.1 Å². The number of rotatable bonds is 3. The van der Waals surface area contributed by atoms with E-state index in [2.05, 4.69) is 34.6 Å². The van der Waals surface area contributed by atoms with E-state index in [0.29, 0.717) is 6.54 Å². The Labute approximate surface area is 180 Å². The summed E-state index contributed by atoms with van der Waals surface area (Å²) in [7, 11) is 1.68. The maximum absolute atomic E-state index is 14.1. The Bertz CT molecular complexity index is 1310. The number of nitrogens with one attached hydrogen (secondary N) is 2. The molecular weight excluding hydrogens is 386 g/mol. The molecule has 4 aromatic rings. The van der Waals surface area contributed by atoms with Crippen LogP contribution in [0.4, 0.5) is 5.69 Å². The highest BCUT2D eigenvalue weighted by Crippen LogP contribution is 2.48. The van der Waals surface area contributed by atoms with E-state index in [1.807, 2.05) is 53.4 Å². The van der Waals surface area contributed by atoms with Crippen LogP contribution in [0.15, 0.2) is 72.8 Å². The summed E-state index contributed by atoms with van der Waals surface area (Å²) in [6, 6.07) is 24.4. The fourth-order valence-corrected chi connectivity index (χ4v) is 5.19. The molecule has 6 rings (SSSR count). The topological polar surface area (TPSA) is 57.4 Å². The number of methoxy groups -OCH3 is 1. The van der Waals surface area contributed by atoms with E-state index in [1.54, 1.807) is 7.11 Å². The van der Waals surface area contributed by atoms with Gasteiger partial charge in [0.2, 0.25) is 0 Å². The summed E-state index contributed by atoms with van der Waals surface area (Å²) in [5.41, 5.74) is 5.36. The van der Waals surface area contributed by atoms with Crippen molar-refractivity contribution in [2.24, 2.45) is 0 Å². The quantitative estimate of drug-likeness (QED) is 0.535. The number of benzene rings is 3. The van der Waals surface area contributed by atoms with Gasteiger partial charge in [0.1, 0.15) is 5.75 Å².